The molecular formula is C20H22BrN5O4S. The third kappa shape index (κ3) is 5.98. The standard InChI is InChI=1S/C20H22BrN5O4S/c1-12-5-7-15(16(9-12)26-31(4,27)28)23-19-14(21)11-22-20(25-19)24-17-10-13(29-2)6-8-18(17)30-3/h5-11,26H,1-4H3,(H2,22,23,24,25). The third-order valence-electron chi connectivity index (χ3n) is 4.12. The van der Waals surface area contributed by atoms with Crippen molar-refractivity contribution < 1.29 is 17.9 Å². The molecule has 1 heterocycles. The lowest BCUT2D eigenvalue weighted by Gasteiger charge is -2.15. The fourth-order valence-electron chi connectivity index (χ4n) is 2.73. The smallest absolute Gasteiger partial charge is 0.229 e. The van der Waals surface area contributed by atoms with Crippen LogP contribution in [0.1, 0.15) is 5.56 Å². The van der Waals surface area contributed by atoms with Gasteiger partial charge in [0.05, 0.1) is 42.0 Å². The van der Waals surface area contributed by atoms with Crippen LogP contribution < -0.4 is 24.8 Å². The Morgan fingerprint density at radius 3 is 2.42 bits per heavy atom. The maximum atomic E-state index is 11.7. The van der Waals surface area contributed by atoms with Crippen molar-refractivity contribution in [2.45, 2.75) is 6.92 Å². The van der Waals surface area contributed by atoms with Crippen molar-refractivity contribution in [1.29, 1.82) is 0 Å². The first-order chi connectivity index (χ1) is 14.7. The number of benzene rings is 2. The summed E-state index contributed by atoms with van der Waals surface area (Å²) in [5.74, 6) is 2.00. The molecule has 0 atom stereocenters. The van der Waals surface area contributed by atoms with Gasteiger partial charge >= 0.3 is 0 Å². The zero-order chi connectivity index (χ0) is 22.6. The lowest BCUT2D eigenvalue weighted by Crippen LogP contribution is -2.11. The molecule has 31 heavy (non-hydrogen) atoms. The first-order valence-corrected chi connectivity index (χ1v) is 11.7. The Bertz CT molecular complexity index is 1200. The second-order valence-corrected chi connectivity index (χ2v) is 9.23. The number of nitrogens with zero attached hydrogens (tertiary/aromatic N) is 2. The molecule has 9 nitrogen and oxygen atoms in total. The van der Waals surface area contributed by atoms with E-state index in [4.69, 9.17) is 9.47 Å². The van der Waals surface area contributed by atoms with Crippen LogP contribution in [0.3, 0.4) is 0 Å². The Morgan fingerprint density at radius 1 is 0.968 bits per heavy atom. The third-order valence-corrected chi connectivity index (χ3v) is 5.29. The average molecular weight is 508 g/mol. The first-order valence-electron chi connectivity index (χ1n) is 9.05. The molecule has 0 amide bonds. The Balaban J connectivity index is 1.93. The van der Waals surface area contributed by atoms with Gasteiger partial charge in [-0.25, -0.2) is 13.4 Å². The van der Waals surface area contributed by atoms with E-state index in [9.17, 15) is 8.42 Å². The molecule has 0 fully saturated rings. The Kier molecular flexibility index (Phi) is 6.86. The number of methoxy groups -OCH3 is 2. The molecule has 3 aromatic rings. The van der Waals surface area contributed by atoms with E-state index < -0.39 is 10.0 Å². The molecule has 0 unspecified atom stereocenters. The fourth-order valence-corrected chi connectivity index (χ4v) is 3.58. The van der Waals surface area contributed by atoms with E-state index in [0.29, 0.717) is 44.8 Å². The number of ether oxygens (including phenoxy) is 2. The Labute approximate surface area is 189 Å². The SMILES string of the molecule is COc1ccc(OC)c(Nc2ncc(Br)c(Nc3ccc(C)cc3NS(C)(=O)=O)n2)c1. The largest absolute Gasteiger partial charge is 0.497 e. The maximum Gasteiger partial charge on any atom is 0.229 e. The number of hydrogen-bond acceptors (Lipinski definition) is 8. The molecule has 164 valence electrons. The molecule has 0 aliphatic rings. The topological polar surface area (TPSA) is 114 Å². The van der Waals surface area contributed by atoms with Crippen molar-refractivity contribution in [2.24, 2.45) is 0 Å². The van der Waals surface area contributed by atoms with Gasteiger partial charge in [-0.1, -0.05) is 6.07 Å². The van der Waals surface area contributed by atoms with Crippen LogP contribution >= 0.6 is 15.9 Å². The average Bonchev–Trinajstić information content (AvgIpc) is 2.71. The highest BCUT2D eigenvalue weighted by atomic mass is 79.9. The number of anilines is 5. The summed E-state index contributed by atoms with van der Waals surface area (Å²) in [6.07, 6.45) is 2.69. The molecule has 0 bridgehead atoms. The van der Waals surface area contributed by atoms with Crippen LogP contribution in [0.15, 0.2) is 47.1 Å². The predicted octanol–water partition coefficient (Wildman–Crippen LogP) is 4.42. The number of sulfonamides is 1. The number of aryl methyl sites for hydroxylation is 1. The first kappa shape index (κ1) is 22.6. The predicted molar refractivity (Wildman–Crippen MR) is 125 cm³/mol. The van der Waals surface area contributed by atoms with Crippen molar-refractivity contribution in [3.8, 4) is 11.5 Å². The highest BCUT2D eigenvalue weighted by Crippen LogP contribution is 2.33. The highest BCUT2D eigenvalue weighted by molar-refractivity contribution is 9.10. The summed E-state index contributed by atoms with van der Waals surface area (Å²) in [7, 11) is -0.312. The number of nitrogens with one attached hydrogen (secondary N) is 3. The second-order valence-electron chi connectivity index (χ2n) is 6.63. The lowest BCUT2D eigenvalue weighted by atomic mass is 10.2. The summed E-state index contributed by atoms with van der Waals surface area (Å²) in [6.45, 7) is 1.88. The summed E-state index contributed by atoms with van der Waals surface area (Å²) in [4.78, 5) is 8.79. The van der Waals surface area contributed by atoms with Crippen LogP contribution in [0.5, 0.6) is 11.5 Å². The lowest BCUT2D eigenvalue weighted by molar-refractivity contribution is 0.405. The zero-order valence-corrected chi connectivity index (χ0v) is 19.8. The summed E-state index contributed by atoms with van der Waals surface area (Å²) in [6, 6.07) is 10.7. The van der Waals surface area contributed by atoms with Gasteiger partial charge in [0.2, 0.25) is 16.0 Å². The monoisotopic (exact) mass is 507 g/mol. The van der Waals surface area contributed by atoms with Crippen molar-refractivity contribution in [3.63, 3.8) is 0 Å². The van der Waals surface area contributed by atoms with Gasteiger partial charge in [0.15, 0.2) is 0 Å². The molecule has 0 aliphatic heterocycles. The van der Waals surface area contributed by atoms with Crippen molar-refractivity contribution in [3.05, 3.63) is 52.6 Å². The van der Waals surface area contributed by atoms with Crippen LogP contribution in [0.25, 0.3) is 0 Å². The normalized spacial score (nSPS) is 11.0. The van der Waals surface area contributed by atoms with Gasteiger partial charge in [0.1, 0.15) is 17.3 Å². The van der Waals surface area contributed by atoms with Crippen LogP contribution in [-0.4, -0.2) is 38.9 Å². The van der Waals surface area contributed by atoms with Crippen molar-refractivity contribution in [2.75, 3.05) is 35.8 Å². The molecule has 0 radical (unpaired) electrons. The minimum absolute atomic E-state index is 0.307. The van der Waals surface area contributed by atoms with E-state index in [1.807, 2.05) is 13.0 Å². The Morgan fingerprint density at radius 2 is 1.74 bits per heavy atom. The quantitative estimate of drug-likeness (QED) is 0.410. The van der Waals surface area contributed by atoms with E-state index in [-0.39, 0.29) is 0 Å². The maximum absolute atomic E-state index is 11.7. The fraction of sp³-hybridized carbons (Fsp3) is 0.200. The van der Waals surface area contributed by atoms with Gasteiger partial charge in [-0.2, -0.15) is 4.98 Å². The molecule has 0 saturated heterocycles. The van der Waals surface area contributed by atoms with Gasteiger partial charge in [0.25, 0.3) is 0 Å². The van der Waals surface area contributed by atoms with Gasteiger partial charge in [-0.3, -0.25) is 4.72 Å². The molecule has 0 aliphatic carbocycles. The summed E-state index contributed by atoms with van der Waals surface area (Å²) in [5.41, 5.74) is 2.49. The molecular weight excluding hydrogens is 486 g/mol. The van der Waals surface area contributed by atoms with Gasteiger partial charge in [-0.05, 0) is 52.7 Å². The summed E-state index contributed by atoms with van der Waals surface area (Å²) >= 11 is 3.43. The highest BCUT2D eigenvalue weighted by Gasteiger charge is 2.13. The molecule has 0 spiro atoms. The minimum atomic E-state index is -3.45. The molecule has 1 aromatic heterocycles. The number of rotatable bonds is 8. The van der Waals surface area contributed by atoms with E-state index >= 15 is 0 Å². The Hall–Kier alpha value is -3.05. The number of aromatic nitrogens is 2. The van der Waals surface area contributed by atoms with Crippen LogP contribution in [-0.2, 0) is 10.0 Å². The zero-order valence-electron chi connectivity index (χ0n) is 17.4. The minimum Gasteiger partial charge on any atom is -0.497 e. The van der Waals surface area contributed by atoms with E-state index in [2.05, 4.69) is 41.3 Å². The van der Waals surface area contributed by atoms with Crippen LogP contribution in [0.4, 0.5) is 28.8 Å². The van der Waals surface area contributed by atoms with Gasteiger partial charge in [0, 0.05) is 12.3 Å². The number of hydrogen-bond donors (Lipinski definition) is 3. The van der Waals surface area contributed by atoms with E-state index in [1.165, 1.54) is 0 Å². The molecule has 3 N–H and O–H groups in total. The van der Waals surface area contributed by atoms with Crippen molar-refractivity contribution in [1.82, 2.24) is 9.97 Å². The van der Waals surface area contributed by atoms with Crippen LogP contribution in [0, 0.1) is 6.92 Å². The van der Waals surface area contributed by atoms with E-state index in [1.54, 1.807) is 50.7 Å². The summed E-state index contributed by atoms with van der Waals surface area (Å²) in [5, 5.41) is 6.26. The van der Waals surface area contributed by atoms with E-state index in [0.717, 1.165) is 11.8 Å². The van der Waals surface area contributed by atoms with Gasteiger partial charge < -0.3 is 20.1 Å². The summed E-state index contributed by atoms with van der Waals surface area (Å²) < 4.78 is 37.3. The molecule has 2 aromatic carbocycles. The van der Waals surface area contributed by atoms with Crippen LogP contribution in [0.2, 0.25) is 0 Å². The van der Waals surface area contributed by atoms with Gasteiger partial charge in [-0.15, -0.1) is 0 Å². The molecule has 0 saturated carbocycles. The second kappa shape index (κ2) is 9.40. The van der Waals surface area contributed by atoms with Crippen molar-refractivity contribution >= 4 is 54.8 Å². The molecule has 3 rings (SSSR count). The number of halogens is 1. The molecule has 11 heteroatoms.